The average Bonchev–Trinajstić information content (AvgIpc) is 2.90. The molecule has 0 spiro atoms. The van der Waals surface area contributed by atoms with Gasteiger partial charge < -0.3 is 25.3 Å². The fourth-order valence-electron chi connectivity index (χ4n) is 3.04. The molecular formula is C29H41Cl3N6O3P2. The van der Waals surface area contributed by atoms with E-state index in [4.69, 9.17) is 45.6 Å². The lowest BCUT2D eigenvalue weighted by molar-refractivity contribution is 0.287. The SMILES string of the molecule is C.CCCCO.CP(C)(=O)c1ccccc1N.CP(C)(=O)c1ccccc1Nc1ccnc(Cl)n1.Clc1ccnc(Cl)n1. The van der Waals surface area contributed by atoms with E-state index >= 15 is 0 Å². The first-order chi connectivity index (χ1) is 19.7. The van der Waals surface area contributed by atoms with Gasteiger partial charge >= 0.3 is 0 Å². The van der Waals surface area contributed by atoms with E-state index in [1.54, 1.807) is 51.1 Å². The zero-order chi connectivity index (χ0) is 31.8. The fraction of sp³-hybridized carbons (Fsp3) is 0.310. The highest BCUT2D eigenvalue weighted by molar-refractivity contribution is 7.70. The maximum absolute atomic E-state index is 12.2. The maximum Gasteiger partial charge on any atom is 0.224 e. The van der Waals surface area contributed by atoms with Gasteiger partial charge in [-0.2, -0.15) is 0 Å². The van der Waals surface area contributed by atoms with Crippen LogP contribution in [-0.4, -0.2) is 58.3 Å². The van der Waals surface area contributed by atoms with Crippen LogP contribution in [-0.2, 0) is 9.13 Å². The number of rotatable bonds is 6. The van der Waals surface area contributed by atoms with Gasteiger partial charge in [-0.25, -0.2) is 19.9 Å². The van der Waals surface area contributed by atoms with Crippen LogP contribution >= 0.6 is 49.1 Å². The molecule has 236 valence electrons. The Balaban J connectivity index is 0.000000604. The molecule has 4 aromatic rings. The van der Waals surface area contributed by atoms with E-state index < -0.39 is 14.3 Å². The third-order valence-electron chi connectivity index (χ3n) is 4.99. The molecule has 2 aromatic carbocycles. The van der Waals surface area contributed by atoms with Crippen LogP contribution in [0.3, 0.4) is 0 Å². The molecule has 2 aromatic heterocycles. The number of aromatic nitrogens is 4. The van der Waals surface area contributed by atoms with E-state index in [0.29, 0.717) is 23.3 Å². The summed E-state index contributed by atoms with van der Waals surface area (Å²) in [5, 5.41) is 13.5. The lowest BCUT2D eigenvalue weighted by Gasteiger charge is -2.14. The van der Waals surface area contributed by atoms with Crippen molar-refractivity contribution >= 4 is 76.9 Å². The van der Waals surface area contributed by atoms with Crippen molar-refractivity contribution in [2.75, 3.05) is 44.3 Å². The highest BCUT2D eigenvalue weighted by atomic mass is 35.5. The molecule has 14 heteroatoms. The van der Waals surface area contributed by atoms with Crippen LogP contribution in [0, 0.1) is 0 Å². The molecule has 0 aliphatic rings. The molecule has 0 atom stereocenters. The van der Waals surface area contributed by atoms with Crippen molar-refractivity contribution in [1.82, 2.24) is 19.9 Å². The maximum atomic E-state index is 12.2. The Morgan fingerprint density at radius 3 is 1.70 bits per heavy atom. The molecule has 9 nitrogen and oxygen atoms in total. The third kappa shape index (κ3) is 16.8. The van der Waals surface area contributed by atoms with Gasteiger partial charge in [-0.05, 0) is 92.7 Å². The number of aliphatic hydroxyl groups is 1. The van der Waals surface area contributed by atoms with Crippen molar-refractivity contribution in [2.24, 2.45) is 0 Å². The van der Waals surface area contributed by atoms with E-state index in [0.717, 1.165) is 29.1 Å². The summed E-state index contributed by atoms with van der Waals surface area (Å²) in [4.78, 5) is 15.1. The predicted molar refractivity (Wildman–Crippen MR) is 187 cm³/mol. The minimum atomic E-state index is -2.34. The fourth-order valence-corrected chi connectivity index (χ4v) is 5.81. The Morgan fingerprint density at radius 2 is 1.30 bits per heavy atom. The summed E-state index contributed by atoms with van der Waals surface area (Å²) in [5.74, 6) is 0.580. The van der Waals surface area contributed by atoms with Crippen LogP contribution in [0.4, 0.5) is 17.2 Å². The summed E-state index contributed by atoms with van der Waals surface area (Å²) in [6.45, 7) is 9.31. The molecule has 0 unspecified atom stereocenters. The molecule has 2 heterocycles. The summed E-state index contributed by atoms with van der Waals surface area (Å²) in [6.07, 6.45) is 5.10. The van der Waals surface area contributed by atoms with Crippen LogP contribution < -0.4 is 21.7 Å². The van der Waals surface area contributed by atoms with E-state index in [1.807, 2.05) is 42.5 Å². The van der Waals surface area contributed by atoms with Gasteiger partial charge in [0.2, 0.25) is 10.6 Å². The Morgan fingerprint density at radius 1 is 0.791 bits per heavy atom. The minimum Gasteiger partial charge on any atom is -0.398 e. The molecule has 0 bridgehead atoms. The number of hydrogen-bond acceptors (Lipinski definition) is 9. The largest absolute Gasteiger partial charge is 0.398 e. The number of nitrogens with zero attached hydrogens (tertiary/aromatic N) is 4. The topological polar surface area (TPSA) is 144 Å². The smallest absolute Gasteiger partial charge is 0.224 e. The van der Waals surface area contributed by atoms with Gasteiger partial charge in [0.15, 0.2) is 0 Å². The van der Waals surface area contributed by atoms with Crippen molar-refractivity contribution < 1.29 is 14.2 Å². The number of aliphatic hydroxyl groups excluding tert-OH is 1. The lowest BCUT2D eigenvalue weighted by Crippen LogP contribution is -2.09. The molecule has 0 saturated carbocycles. The van der Waals surface area contributed by atoms with Crippen molar-refractivity contribution in [3.63, 3.8) is 0 Å². The second-order valence-electron chi connectivity index (χ2n) is 9.34. The van der Waals surface area contributed by atoms with Gasteiger partial charge in [0.05, 0.1) is 5.69 Å². The molecule has 43 heavy (non-hydrogen) atoms. The van der Waals surface area contributed by atoms with Gasteiger partial charge in [-0.1, -0.05) is 56.6 Å². The summed E-state index contributed by atoms with van der Waals surface area (Å²) in [5.41, 5.74) is 7.04. The van der Waals surface area contributed by atoms with Crippen molar-refractivity contribution in [1.29, 1.82) is 0 Å². The Kier molecular flexibility index (Phi) is 19.3. The average molecular weight is 690 g/mol. The number of halogens is 3. The summed E-state index contributed by atoms with van der Waals surface area (Å²) < 4.78 is 23.8. The summed E-state index contributed by atoms with van der Waals surface area (Å²) >= 11 is 16.5. The van der Waals surface area contributed by atoms with Gasteiger partial charge in [0.1, 0.15) is 25.3 Å². The van der Waals surface area contributed by atoms with Crippen LogP contribution in [0.1, 0.15) is 27.2 Å². The van der Waals surface area contributed by atoms with Crippen molar-refractivity contribution in [3.05, 3.63) is 88.8 Å². The van der Waals surface area contributed by atoms with E-state index in [1.165, 1.54) is 6.20 Å². The zero-order valence-corrected chi connectivity index (χ0v) is 28.3. The molecule has 0 saturated heterocycles. The van der Waals surface area contributed by atoms with E-state index in [9.17, 15) is 9.13 Å². The predicted octanol–water partition coefficient (Wildman–Crippen LogP) is 7.84. The van der Waals surface area contributed by atoms with Gasteiger partial charge in [-0.3, -0.25) is 0 Å². The number of hydrogen-bond donors (Lipinski definition) is 3. The molecular weight excluding hydrogens is 649 g/mol. The first-order valence-electron chi connectivity index (χ1n) is 12.7. The Hall–Kier alpha value is -2.51. The van der Waals surface area contributed by atoms with Gasteiger partial charge in [0, 0.05) is 35.3 Å². The van der Waals surface area contributed by atoms with E-state index in [-0.39, 0.29) is 18.0 Å². The number of benzene rings is 2. The molecule has 0 fully saturated rings. The minimum absolute atomic E-state index is 0. The zero-order valence-electron chi connectivity index (χ0n) is 24.2. The molecule has 0 amide bonds. The molecule has 0 aliphatic carbocycles. The highest BCUT2D eigenvalue weighted by Crippen LogP contribution is 2.38. The first-order valence-corrected chi connectivity index (χ1v) is 19.1. The van der Waals surface area contributed by atoms with Crippen LogP contribution in [0.15, 0.2) is 73.1 Å². The summed E-state index contributed by atoms with van der Waals surface area (Å²) in [7, 11) is -4.52. The van der Waals surface area contributed by atoms with Crippen LogP contribution in [0.5, 0.6) is 0 Å². The number of para-hydroxylation sites is 2. The van der Waals surface area contributed by atoms with Crippen molar-refractivity contribution in [3.8, 4) is 0 Å². The molecule has 0 radical (unpaired) electrons. The standard InChI is InChI=1S/C12H13ClN3OP.C8H12NOP.C4H2Cl2N2.C4H10O.CH4/c1-18(2,17)10-6-4-3-5-9(10)15-11-7-8-14-12(13)16-11;1-11(2,10)8-6-4-3-5-7(8)9;5-3-1-2-7-4(6)8-3;1-2-3-4-5;/h3-8H,1-2H3,(H,14,15,16);3-6H,9H2,1-2H3;1-2H;5H,2-4H2,1H3;1H4. The number of nitrogens with two attached hydrogens (primary N) is 1. The second kappa shape index (κ2) is 20.4. The molecule has 0 aliphatic heterocycles. The van der Waals surface area contributed by atoms with Gasteiger partial charge in [-0.15, -0.1) is 0 Å². The highest BCUT2D eigenvalue weighted by Gasteiger charge is 2.16. The Bertz CT molecular complexity index is 1470. The number of unbranched alkanes of at least 4 members (excludes halogenated alkanes) is 1. The normalized spacial score (nSPS) is 10.3. The van der Waals surface area contributed by atoms with Gasteiger partial charge in [0.25, 0.3) is 0 Å². The first kappa shape index (κ1) is 40.5. The van der Waals surface area contributed by atoms with Crippen LogP contribution in [0.25, 0.3) is 0 Å². The Labute approximate surface area is 270 Å². The molecule has 4 N–H and O–H groups in total. The molecule has 4 rings (SSSR count). The number of nitrogens with one attached hydrogen (secondary N) is 1. The number of nitrogen functional groups attached to an aromatic ring is 1. The van der Waals surface area contributed by atoms with Crippen LogP contribution in [0.2, 0.25) is 15.7 Å². The quantitative estimate of drug-likeness (QED) is 0.0798. The van der Waals surface area contributed by atoms with Crippen molar-refractivity contribution in [2.45, 2.75) is 27.2 Å². The summed E-state index contributed by atoms with van der Waals surface area (Å²) in [6, 6.07) is 18.0. The lowest BCUT2D eigenvalue weighted by atomic mass is 10.3. The second-order valence-corrected chi connectivity index (χ2v) is 16.8. The third-order valence-corrected chi connectivity index (χ3v) is 8.69. The number of anilines is 3. The van der Waals surface area contributed by atoms with E-state index in [2.05, 4.69) is 32.2 Å². The monoisotopic (exact) mass is 688 g/mol.